The second kappa shape index (κ2) is 9.74. The third kappa shape index (κ3) is 5.70. The number of carbonyl (C=O) groups is 1. The van der Waals surface area contributed by atoms with Crippen molar-refractivity contribution in [2.45, 2.75) is 18.8 Å². The number of carbonyl (C=O) groups excluding carboxylic acids is 1. The summed E-state index contributed by atoms with van der Waals surface area (Å²) in [5.74, 6) is 1.01. The Balaban J connectivity index is 1.51. The number of thioether (sulfide) groups is 1. The van der Waals surface area contributed by atoms with Crippen LogP contribution < -0.4 is 14.8 Å². The van der Waals surface area contributed by atoms with E-state index in [1.165, 1.54) is 12.1 Å². The lowest BCUT2D eigenvalue weighted by atomic mass is 10.2. The van der Waals surface area contributed by atoms with Gasteiger partial charge in [-0.1, -0.05) is 23.9 Å². The van der Waals surface area contributed by atoms with Crippen molar-refractivity contribution in [3.8, 4) is 11.5 Å². The molecule has 0 saturated heterocycles. The van der Waals surface area contributed by atoms with Crippen molar-refractivity contribution in [2.24, 2.45) is 0 Å². The summed E-state index contributed by atoms with van der Waals surface area (Å²) in [6.45, 7) is 1.79. The van der Waals surface area contributed by atoms with Gasteiger partial charge in [-0.25, -0.2) is 0 Å². The number of aromatic nitrogens is 2. The zero-order valence-electron chi connectivity index (χ0n) is 16.2. The van der Waals surface area contributed by atoms with Crippen molar-refractivity contribution >= 4 is 29.0 Å². The van der Waals surface area contributed by atoms with Crippen molar-refractivity contribution in [3.63, 3.8) is 0 Å². The first-order valence-electron chi connectivity index (χ1n) is 8.71. The molecule has 0 fully saturated rings. The lowest BCUT2D eigenvalue weighted by Gasteiger charge is -2.06. The molecule has 3 aromatic rings. The molecule has 0 unspecified atom stereocenters. The van der Waals surface area contributed by atoms with Gasteiger partial charge in [-0.2, -0.15) is 0 Å². The molecule has 0 saturated carbocycles. The van der Waals surface area contributed by atoms with Crippen LogP contribution in [0.25, 0.3) is 0 Å². The number of nitro groups is 1. The molecule has 0 aliphatic rings. The van der Waals surface area contributed by atoms with Crippen molar-refractivity contribution in [1.29, 1.82) is 0 Å². The molecule has 0 radical (unpaired) electrons. The van der Waals surface area contributed by atoms with Crippen LogP contribution in [0.3, 0.4) is 0 Å². The van der Waals surface area contributed by atoms with Gasteiger partial charge in [0.2, 0.25) is 5.91 Å². The van der Waals surface area contributed by atoms with Crippen LogP contribution in [-0.2, 0) is 11.4 Å². The number of nitrogens with zero attached hydrogens (tertiary/aromatic N) is 3. The highest BCUT2D eigenvalue weighted by Gasteiger charge is 2.17. The second-order valence-corrected chi connectivity index (χ2v) is 6.97. The molecule has 0 bridgehead atoms. The van der Waals surface area contributed by atoms with E-state index in [0.717, 1.165) is 17.3 Å². The number of hydrogen-bond acceptors (Lipinski definition) is 9. The molecule has 1 aromatic heterocycles. The second-order valence-electron chi connectivity index (χ2n) is 6.04. The van der Waals surface area contributed by atoms with Crippen LogP contribution in [0.5, 0.6) is 11.5 Å². The summed E-state index contributed by atoms with van der Waals surface area (Å²) in [7, 11) is 1.56. The fraction of sp³-hybridized carbons (Fsp3) is 0.211. The van der Waals surface area contributed by atoms with Gasteiger partial charge in [0.05, 0.1) is 17.8 Å². The maximum atomic E-state index is 12.1. The van der Waals surface area contributed by atoms with E-state index in [4.69, 9.17) is 13.9 Å². The van der Waals surface area contributed by atoms with Gasteiger partial charge in [0.15, 0.2) is 6.61 Å². The lowest BCUT2D eigenvalue weighted by Crippen LogP contribution is -2.15. The Kier molecular flexibility index (Phi) is 6.86. The van der Waals surface area contributed by atoms with E-state index >= 15 is 0 Å². The highest BCUT2D eigenvalue weighted by Crippen LogP contribution is 2.26. The van der Waals surface area contributed by atoms with Crippen molar-refractivity contribution in [3.05, 3.63) is 64.0 Å². The number of rotatable bonds is 9. The number of nitrogens with one attached hydrogen (secondary N) is 1. The van der Waals surface area contributed by atoms with Crippen LogP contribution >= 0.6 is 11.8 Å². The van der Waals surface area contributed by atoms with E-state index in [1.807, 2.05) is 0 Å². The molecule has 30 heavy (non-hydrogen) atoms. The molecule has 1 amide bonds. The minimum absolute atomic E-state index is 0.0522. The molecular weight excluding hydrogens is 412 g/mol. The van der Waals surface area contributed by atoms with Gasteiger partial charge >= 0.3 is 0 Å². The molecule has 1 N–H and O–H groups in total. The van der Waals surface area contributed by atoms with Gasteiger partial charge in [0, 0.05) is 12.1 Å². The van der Waals surface area contributed by atoms with Crippen LogP contribution in [0.15, 0.2) is 52.1 Å². The van der Waals surface area contributed by atoms with E-state index in [0.29, 0.717) is 11.5 Å². The fourth-order valence-corrected chi connectivity index (χ4v) is 2.98. The minimum Gasteiger partial charge on any atom is -0.497 e. The first-order valence-corrected chi connectivity index (χ1v) is 9.70. The molecular formula is C19H18N4O6S. The number of benzene rings is 2. The molecule has 2 aromatic carbocycles. The normalized spacial score (nSPS) is 10.5. The van der Waals surface area contributed by atoms with Crippen molar-refractivity contribution < 1.29 is 23.6 Å². The van der Waals surface area contributed by atoms with Crippen LogP contribution in [0, 0.1) is 17.0 Å². The summed E-state index contributed by atoms with van der Waals surface area (Å²) in [5.41, 5.74) is 0.695. The monoisotopic (exact) mass is 430 g/mol. The van der Waals surface area contributed by atoms with Crippen LogP contribution in [0.1, 0.15) is 11.5 Å². The Hall–Kier alpha value is -3.60. The average molecular weight is 430 g/mol. The Bertz CT molecular complexity index is 1060. The summed E-state index contributed by atoms with van der Waals surface area (Å²) in [6.07, 6.45) is 0. The molecule has 3 rings (SSSR count). The molecule has 0 atom stereocenters. The Morgan fingerprint density at radius 2 is 2.03 bits per heavy atom. The van der Waals surface area contributed by atoms with Gasteiger partial charge < -0.3 is 19.2 Å². The van der Waals surface area contributed by atoms with E-state index in [9.17, 15) is 14.9 Å². The highest BCUT2D eigenvalue weighted by atomic mass is 32.2. The van der Waals surface area contributed by atoms with Gasteiger partial charge in [-0.05, 0) is 30.7 Å². The molecule has 11 heteroatoms. The number of methoxy groups -OCH3 is 1. The van der Waals surface area contributed by atoms with Crippen LogP contribution in [0.2, 0.25) is 0 Å². The highest BCUT2D eigenvalue weighted by molar-refractivity contribution is 7.99. The Morgan fingerprint density at radius 3 is 2.80 bits per heavy atom. The zero-order valence-corrected chi connectivity index (χ0v) is 17.0. The summed E-state index contributed by atoms with van der Waals surface area (Å²) in [4.78, 5) is 22.7. The number of amides is 1. The summed E-state index contributed by atoms with van der Waals surface area (Å²) in [6, 6.07) is 11.7. The molecule has 0 spiro atoms. The molecule has 10 nitrogen and oxygen atoms in total. The number of anilines is 1. The first kappa shape index (κ1) is 21.1. The minimum atomic E-state index is -0.539. The lowest BCUT2D eigenvalue weighted by molar-refractivity contribution is -0.384. The third-order valence-corrected chi connectivity index (χ3v) is 4.62. The van der Waals surface area contributed by atoms with Crippen LogP contribution in [-0.4, -0.2) is 33.9 Å². The number of ether oxygens (including phenoxy) is 2. The van der Waals surface area contributed by atoms with Crippen molar-refractivity contribution in [2.75, 3.05) is 18.2 Å². The molecule has 0 aliphatic carbocycles. The third-order valence-electron chi connectivity index (χ3n) is 3.80. The van der Waals surface area contributed by atoms with Gasteiger partial charge in [-0.3, -0.25) is 14.9 Å². The fourth-order valence-electron chi connectivity index (χ4n) is 2.40. The molecule has 1 heterocycles. The largest absolute Gasteiger partial charge is 0.497 e. The van der Waals surface area contributed by atoms with E-state index in [1.54, 1.807) is 44.4 Å². The SMILES string of the molecule is COc1cccc(OCc2nnc(SCC(=O)Nc3ccc(C)cc3[N+](=O)[O-])o2)c1. The predicted octanol–water partition coefficient (Wildman–Crippen LogP) is 3.60. The maximum Gasteiger partial charge on any atom is 0.293 e. The average Bonchev–Trinajstić information content (AvgIpc) is 3.20. The Labute approximate surface area is 175 Å². The zero-order chi connectivity index (χ0) is 21.5. The molecule has 0 aliphatic heterocycles. The summed E-state index contributed by atoms with van der Waals surface area (Å²) < 4.78 is 16.1. The predicted molar refractivity (Wildman–Crippen MR) is 109 cm³/mol. The Morgan fingerprint density at radius 1 is 1.23 bits per heavy atom. The number of hydrogen-bond donors (Lipinski definition) is 1. The quantitative estimate of drug-likeness (QED) is 0.307. The molecule has 156 valence electrons. The van der Waals surface area contributed by atoms with E-state index in [-0.39, 0.29) is 34.8 Å². The smallest absolute Gasteiger partial charge is 0.293 e. The van der Waals surface area contributed by atoms with Gasteiger partial charge in [0.1, 0.15) is 17.2 Å². The first-order chi connectivity index (χ1) is 14.4. The van der Waals surface area contributed by atoms with Gasteiger partial charge in [-0.15, -0.1) is 10.2 Å². The topological polar surface area (TPSA) is 130 Å². The summed E-state index contributed by atoms with van der Waals surface area (Å²) in [5, 5.41) is 21.6. The van der Waals surface area contributed by atoms with E-state index < -0.39 is 10.8 Å². The van der Waals surface area contributed by atoms with Crippen LogP contribution in [0.4, 0.5) is 11.4 Å². The number of nitro benzene ring substituents is 1. The summed E-state index contributed by atoms with van der Waals surface area (Å²) >= 11 is 1.02. The number of aryl methyl sites for hydroxylation is 1. The van der Waals surface area contributed by atoms with E-state index in [2.05, 4.69) is 15.5 Å². The van der Waals surface area contributed by atoms with Gasteiger partial charge in [0.25, 0.3) is 16.8 Å². The standard InChI is InChI=1S/C19H18N4O6S/c1-12-6-7-15(16(8-12)23(25)26)20-17(24)11-30-19-22-21-18(29-19)10-28-14-5-3-4-13(9-14)27-2/h3-9H,10-11H2,1-2H3,(H,20,24). The maximum absolute atomic E-state index is 12.1. The van der Waals surface area contributed by atoms with Crippen molar-refractivity contribution in [1.82, 2.24) is 10.2 Å².